The van der Waals surface area contributed by atoms with E-state index >= 15 is 0 Å². The van der Waals surface area contributed by atoms with Gasteiger partial charge in [-0.25, -0.2) is 9.13 Å². The Balaban J connectivity index is 5.44. The second-order valence-corrected chi connectivity index (χ2v) is 27.7. The van der Waals surface area contributed by atoms with Crippen LogP contribution in [0.2, 0.25) is 0 Å². The summed E-state index contributed by atoms with van der Waals surface area (Å²) in [5, 5.41) is 10.6. The SMILES string of the molecule is CC/C=C\C/C=C\C/C=C\C/C=C\C/C=C\CCCCCC(=O)OCC(COP(=O)(O)OCC(O)COP(=O)(O)OCC(COC(=O)CCC/C=C\C/C=C\C/C=C\C/C=C\C/C=C\CC)OC(=O)CCCCCCC/C=C\C/C=C\CCC)OC(=O)CCCCCCC/C=C\C/C=C\CCC. The summed E-state index contributed by atoms with van der Waals surface area (Å²) >= 11 is 0. The van der Waals surface area contributed by atoms with E-state index in [1.54, 1.807) is 0 Å². The normalized spacial score (nSPS) is 14.9. The molecular formula is C83H134O17P2. The van der Waals surface area contributed by atoms with Crippen LogP contribution in [0.25, 0.3) is 0 Å². The van der Waals surface area contributed by atoms with Crippen molar-refractivity contribution in [3.8, 4) is 0 Å². The zero-order valence-corrected chi connectivity index (χ0v) is 64.8. The molecule has 0 saturated heterocycles. The smallest absolute Gasteiger partial charge is 0.462 e. The van der Waals surface area contributed by atoms with Gasteiger partial charge in [0.25, 0.3) is 0 Å². The Morgan fingerprint density at radius 3 is 0.833 bits per heavy atom. The van der Waals surface area contributed by atoms with Gasteiger partial charge in [0, 0.05) is 25.7 Å². The van der Waals surface area contributed by atoms with Crippen LogP contribution in [-0.4, -0.2) is 96.7 Å². The van der Waals surface area contributed by atoms with Gasteiger partial charge < -0.3 is 33.8 Å². The summed E-state index contributed by atoms with van der Waals surface area (Å²) in [6.07, 6.45) is 86.4. The van der Waals surface area contributed by atoms with Gasteiger partial charge in [0.15, 0.2) is 12.2 Å². The van der Waals surface area contributed by atoms with E-state index in [1.165, 1.54) is 0 Å². The summed E-state index contributed by atoms with van der Waals surface area (Å²) in [4.78, 5) is 72.9. The summed E-state index contributed by atoms with van der Waals surface area (Å²) < 4.78 is 68.4. The maximum Gasteiger partial charge on any atom is 0.472 e. The average Bonchev–Trinajstić information content (AvgIpc) is 0.909. The van der Waals surface area contributed by atoms with E-state index < -0.39 is 97.5 Å². The third kappa shape index (κ3) is 72.8. The van der Waals surface area contributed by atoms with Crippen LogP contribution in [0.3, 0.4) is 0 Å². The second-order valence-electron chi connectivity index (χ2n) is 24.8. The first-order valence-electron chi connectivity index (χ1n) is 38.4. The number of phosphoric acid groups is 2. The number of hydrogen-bond donors (Lipinski definition) is 3. The molecule has 0 fully saturated rings. The van der Waals surface area contributed by atoms with E-state index in [9.17, 15) is 43.2 Å². The number of phosphoric ester groups is 2. The lowest BCUT2D eigenvalue weighted by Crippen LogP contribution is -2.30. The molecule has 0 heterocycles. The van der Waals surface area contributed by atoms with Gasteiger partial charge in [-0.05, 0) is 161 Å². The van der Waals surface area contributed by atoms with Crippen LogP contribution in [0.15, 0.2) is 170 Å². The lowest BCUT2D eigenvalue weighted by Gasteiger charge is -2.21. The van der Waals surface area contributed by atoms with Crippen LogP contribution in [-0.2, 0) is 65.4 Å². The Hall–Kier alpha value is -5.58. The molecule has 0 amide bonds. The number of aliphatic hydroxyl groups excluding tert-OH is 1. The fourth-order valence-corrected chi connectivity index (χ4v) is 10.9. The molecule has 3 N–H and O–H groups in total. The quantitative estimate of drug-likeness (QED) is 0.0169. The molecule has 0 rings (SSSR count). The van der Waals surface area contributed by atoms with Crippen LogP contribution >= 0.6 is 15.6 Å². The lowest BCUT2D eigenvalue weighted by atomic mass is 10.1. The van der Waals surface area contributed by atoms with Gasteiger partial charge in [-0.15, -0.1) is 0 Å². The van der Waals surface area contributed by atoms with E-state index in [0.29, 0.717) is 32.1 Å². The van der Waals surface area contributed by atoms with Gasteiger partial charge in [-0.2, -0.15) is 0 Å². The average molecular weight is 1470 g/mol. The molecule has 0 spiro atoms. The number of hydrogen-bond acceptors (Lipinski definition) is 15. The standard InChI is InChI=1S/C83H134O17P2/c1-5-9-13-17-21-25-29-33-35-37-38-40-42-46-48-52-56-60-64-68-81(86)94-74-79(100-83(88)70-66-62-58-54-50-44-32-28-24-20-16-12-8-4)76-98-102(91,92)96-72-77(84)71-95-101(89,90)97-75-78(99-82(87)69-65-61-57-53-49-43-31-27-23-19-15-11-7-3)73-93-80(85)67-63-59-55-51-47-45-41-39-36-34-30-26-22-18-14-10-6-2/h9-10,13-16,19-22,25-28,31-36,38,40-41,45-46,48,51,55,77-79,84H,5-8,11-12,17-18,23-24,29-30,37,39,42-44,47,49-50,52-54,56-76H2,1-4H3,(H,89,90)(H,91,92)/b13-9-,14-10-,19-15-,20-16-,25-21-,26-22-,31-27-,32-28-,35-33-,36-34-,40-38-,45-41-,48-46-,55-51-. The Morgan fingerprint density at radius 1 is 0.284 bits per heavy atom. The number of carbonyl (C=O) groups is 4. The number of esters is 4. The molecule has 0 aromatic heterocycles. The lowest BCUT2D eigenvalue weighted by molar-refractivity contribution is -0.161. The molecule has 0 aliphatic heterocycles. The Labute approximate surface area is 616 Å². The minimum atomic E-state index is -5.00. The van der Waals surface area contributed by atoms with Gasteiger partial charge in [-0.3, -0.25) is 37.3 Å². The van der Waals surface area contributed by atoms with E-state index in [-0.39, 0.29) is 25.7 Å². The van der Waals surface area contributed by atoms with Gasteiger partial charge >= 0.3 is 39.5 Å². The molecule has 0 aromatic carbocycles. The Morgan fingerprint density at radius 2 is 0.520 bits per heavy atom. The van der Waals surface area contributed by atoms with Gasteiger partial charge in [0.05, 0.1) is 26.4 Å². The molecule has 0 radical (unpaired) electrons. The number of allylic oxidation sites excluding steroid dienone is 28. The van der Waals surface area contributed by atoms with Gasteiger partial charge in [0.1, 0.15) is 19.3 Å². The first-order chi connectivity index (χ1) is 49.7. The molecule has 0 bridgehead atoms. The summed E-state index contributed by atoms with van der Waals surface area (Å²) in [5.74, 6) is -2.33. The van der Waals surface area contributed by atoms with Crippen molar-refractivity contribution < 1.29 is 80.2 Å². The highest BCUT2D eigenvalue weighted by Gasteiger charge is 2.30. The summed E-state index contributed by atoms with van der Waals surface area (Å²) in [5.41, 5.74) is 0. The van der Waals surface area contributed by atoms with Crippen LogP contribution in [0.5, 0.6) is 0 Å². The number of rotatable bonds is 70. The molecule has 19 heteroatoms. The first-order valence-corrected chi connectivity index (χ1v) is 41.4. The summed E-state index contributed by atoms with van der Waals surface area (Å²) in [6, 6.07) is 0. The predicted octanol–water partition coefficient (Wildman–Crippen LogP) is 22.2. The van der Waals surface area contributed by atoms with Crippen molar-refractivity contribution in [2.75, 3.05) is 39.6 Å². The first kappa shape index (κ1) is 96.4. The highest BCUT2D eigenvalue weighted by Crippen LogP contribution is 2.45. The second kappa shape index (κ2) is 73.7. The number of unbranched alkanes of at least 4 members (excludes halogenated alkanes) is 16. The predicted molar refractivity (Wildman–Crippen MR) is 417 cm³/mol. The van der Waals surface area contributed by atoms with Crippen LogP contribution in [0, 0.1) is 0 Å². The monoisotopic (exact) mass is 1460 g/mol. The Kier molecular flexibility index (Phi) is 69.7. The maximum atomic E-state index is 13.1. The number of aliphatic hydroxyl groups is 1. The number of ether oxygens (including phenoxy) is 4. The zero-order valence-electron chi connectivity index (χ0n) is 63.0. The third-order valence-electron chi connectivity index (χ3n) is 15.1. The highest BCUT2D eigenvalue weighted by molar-refractivity contribution is 7.47. The van der Waals surface area contributed by atoms with Crippen molar-refractivity contribution in [3.05, 3.63) is 170 Å². The molecule has 102 heavy (non-hydrogen) atoms. The molecule has 0 aliphatic carbocycles. The molecule has 0 aromatic rings. The van der Waals surface area contributed by atoms with Crippen molar-refractivity contribution in [3.63, 3.8) is 0 Å². The minimum Gasteiger partial charge on any atom is -0.462 e. The zero-order chi connectivity index (χ0) is 74.6. The number of carbonyl (C=O) groups excluding carboxylic acids is 4. The molecule has 5 atom stereocenters. The molecular weight excluding hydrogens is 1330 g/mol. The van der Waals surface area contributed by atoms with Gasteiger partial charge in [0.2, 0.25) is 0 Å². The Bertz CT molecular complexity index is 2600. The largest absolute Gasteiger partial charge is 0.472 e. The molecule has 0 aliphatic rings. The molecule has 5 unspecified atom stereocenters. The van der Waals surface area contributed by atoms with Crippen LogP contribution < -0.4 is 0 Å². The highest BCUT2D eigenvalue weighted by atomic mass is 31.2. The van der Waals surface area contributed by atoms with Crippen LogP contribution in [0.4, 0.5) is 0 Å². The topological polar surface area (TPSA) is 237 Å². The van der Waals surface area contributed by atoms with Gasteiger partial charge in [-0.1, -0.05) is 256 Å². The van der Waals surface area contributed by atoms with E-state index in [1.807, 2.05) is 12.2 Å². The van der Waals surface area contributed by atoms with E-state index in [0.717, 1.165) is 186 Å². The molecule has 17 nitrogen and oxygen atoms in total. The van der Waals surface area contributed by atoms with Crippen molar-refractivity contribution in [1.82, 2.24) is 0 Å². The van der Waals surface area contributed by atoms with Crippen molar-refractivity contribution in [2.24, 2.45) is 0 Å². The fourth-order valence-electron chi connectivity index (χ4n) is 9.36. The molecule has 578 valence electrons. The summed E-state index contributed by atoms with van der Waals surface area (Å²) in [7, 11) is -10.00. The summed E-state index contributed by atoms with van der Waals surface area (Å²) in [6.45, 7) is 4.35. The van der Waals surface area contributed by atoms with Crippen molar-refractivity contribution in [2.45, 2.75) is 290 Å². The van der Waals surface area contributed by atoms with Crippen molar-refractivity contribution >= 4 is 39.5 Å². The maximum absolute atomic E-state index is 13.1. The fraction of sp³-hybridized carbons (Fsp3) is 0.614. The van der Waals surface area contributed by atoms with E-state index in [4.69, 9.17) is 37.0 Å². The van der Waals surface area contributed by atoms with Crippen molar-refractivity contribution in [1.29, 1.82) is 0 Å². The minimum absolute atomic E-state index is 0.0596. The van der Waals surface area contributed by atoms with Crippen LogP contribution in [0.1, 0.15) is 272 Å². The third-order valence-corrected chi connectivity index (χ3v) is 17.0. The van der Waals surface area contributed by atoms with E-state index in [2.05, 4.69) is 186 Å². The molecule has 0 saturated carbocycles.